The third-order valence-electron chi connectivity index (χ3n) is 3.07. The Bertz CT molecular complexity index is 1030. The largest absolute Gasteiger partial charge is 0.493 e. The molecule has 3 rings (SSSR count). The van der Waals surface area contributed by atoms with Gasteiger partial charge in [-0.15, -0.1) is 0 Å². The molecule has 0 aliphatic rings. The highest BCUT2D eigenvalue weighted by Gasteiger charge is 2.26. The van der Waals surface area contributed by atoms with Gasteiger partial charge in [-0.3, -0.25) is 20.2 Å². The first-order valence-corrected chi connectivity index (χ1v) is 6.64. The van der Waals surface area contributed by atoms with E-state index < -0.39 is 15.6 Å². The van der Waals surface area contributed by atoms with E-state index in [0.717, 1.165) is 16.9 Å². The number of H-pyrrole nitrogens is 1. The van der Waals surface area contributed by atoms with Crippen LogP contribution >= 0.6 is 0 Å². The van der Waals surface area contributed by atoms with Crippen LogP contribution in [-0.4, -0.2) is 20.2 Å². The third-order valence-corrected chi connectivity index (χ3v) is 3.07. The number of non-ortho nitro benzene ring substituents is 1. The van der Waals surface area contributed by atoms with Gasteiger partial charge in [0, 0.05) is 12.1 Å². The SMILES string of the molecule is O=c1[nH][n+](-c2cc([N+](=O)[O-])ccc2Oc2ccccc2[N+](=O)[O-])no1. The summed E-state index contributed by atoms with van der Waals surface area (Å²) < 4.78 is 9.87. The second kappa shape index (κ2) is 6.19. The van der Waals surface area contributed by atoms with Gasteiger partial charge in [0.15, 0.2) is 0 Å². The van der Waals surface area contributed by atoms with Gasteiger partial charge in [-0.05, 0) is 12.1 Å². The molecule has 0 atom stereocenters. The van der Waals surface area contributed by atoms with Crippen molar-refractivity contribution in [2.45, 2.75) is 0 Å². The molecule has 1 N–H and O–H groups in total. The lowest BCUT2D eigenvalue weighted by Gasteiger charge is -2.05. The van der Waals surface area contributed by atoms with Crippen LogP contribution in [0.1, 0.15) is 0 Å². The van der Waals surface area contributed by atoms with E-state index in [0.29, 0.717) is 0 Å². The lowest BCUT2D eigenvalue weighted by molar-refractivity contribution is -0.725. The summed E-state index contributed by atoms with van der Waals surface area (Å²) in [6.07, 6.45) is 0. The summed E-state index contributed by atoms with van der Waals surface area (Å²) in [7, 11) is 0. The zero-order valence-corrected chi connectivity index (χ0v) is 12.2. The Morgan fingerprint density at radius 3 is 2.48 bits per heavy atom. The van der Waals surface area contributed by atoms with Crippen molar-refractivity contribution in [2.24, 2.45) is 0 Å². The van der Waals surface area contributed by atoms with Crippen LogP contribution in [0.25, 0.3) is 5.69 Å². The molecule has 0 saturated carbocycles. The molecule has 25 heavy (non-hydrogen) atoms. The third kappa shape index (κ3) is 3.17. The van der Waals surface area contributed by atoms with Crippen LogP contribution in [0.4, 0.5) is 11.4 Å². The van der Waals surface area contributed by atoms with Crippen molar-refractivity contribution in [2.75, 3.05) is 0 Å². The maximum Gasteiger partial charge on any atom is 0.493 e. The number of benzene rings is 2. The van der Waals surface area contributed by atoms with Crippen LogP contribution < -0.4 is 15.3 Å². The topological polar surface area (TPSA) is 158 Å². The van der Waals surface area contributed by atoms with Crippen molar-refractivity contribution < 1.29 is 23.9 Å². The van der Waals surface area contributed by atoms with E-state index in [2.05, 4.69) is 14.9 Å². The highest BCUT2D eigenvalue weighted by molar-refractivity contribution is 5.53. The van der Waals surface area contributed by atoms with Gasteiger partial charge in [-0.1, -0.05) is 17.2 Å². The first-order valence-electron chi connectivity index (χ1n) is 6.64. The maximum atomic E-state index is 11.1. The Labute approximate surface area is 137 Å². The predicted octanol–water partition coefficient (Wildman–Crippen LogP) is 1.25. The van der Waals surface area contributed by atoms with E-state index in [1.54, 1.807) is 0 Å². The molecule has 1 aromatic heterocycles. The van der Waals surface area contributed by atoms with Crippen molar-refractivity contribution in [3.63, 3.8) is 0 Å². The summed E-state index contributed by atoms with van der Waals surface area (Å²) >= 11 is 0. The van der Waals surface area contributed by atoms with Gasteiger partial charge in [0.1, 0.15) is 0 Å². The molecule has 12 nitrogen and oxygen atoms in total. The summed E-state index contributed by atoms with van der Waals surface area (Å²) in [4.78, 5) is 32.7. The minimum Gasteiger partial charge on any atom is -0.443 e. The molecule has 0 spiro atoms. The van der Waals surface area contributed by atoms with Crippen LogP contribution in [0.3, 0.4) is 0 Å². The molecule has 3 aromatic rings. The molecule has 0 aliphatic heterocycles. The van der Waals surface area contributed by atoms with Crippen molar-refractivity contribution in [3.8, 4) is 17.2 Å². The van der Waals surface area contributed by atoms with E-state index in [1.807, 2.05) is 0 Å². The van der Waals surface area contributed by atoms with Crippen molar-refractivity contribution in [1.29, 1.82) is 0 Å². The molecule has 12 heteroatoms. The highest BCUT2D eigenvalue weighted by atomic mass is 16.6. The molecule has 0 saturated heterocycles. The maximum absolute atomic E-state index is 11.1. The number of aromatic amines is 1. The normalized spacial score (nSPS) is 10.4. The average molecular weight is 346 g/mol. The molecular formula is C13H8N5O7+. The van der Waals surface area contributed by atoms with E-state index >= 15 is 0 Å². The highest BCUT2D eigenvalue weighted by Crippen LogP contribution is 2.33. The lowest BCUT2D eigenvalue weighted by atomic mass is 10.2. The monoisotopic (exact) mass is 346 g/mol. The second-order valence-electron chi connectivity index (χ2n) is 4.62. The van der Waals surface area contributed by atoms with E-state index in [-0.39, 0.29) is 28.6 Å². The van der Waals surface area contributed by atoms with Gasteiger partial charge in [-0.2, -0.15) is 0 Å². The summed E-state index contributed by atoms with van der Waals surface area (Å²) in [5.41, 5.74) is -0.648. The fourth-order valence-electron chi connectivity index (χ4n) is 1.99. The van der Waals surface area contributed by atoms with Crippen LogP contribution in [0.5, 0.6) is 11.5 Å². The van der Waals surface area contributed by atoms with Crippen LogP contribution in [0.2, 0.25) is 0 Å². The molecule has 1 heterocycles. The Morgan fingerprint density at radius 1 is 1.08 bits per heavy atom. The quantitative estimate of drug-likeness (QED) is 0.410. The standard InChI is InChI=1S/C13H7N5O7/c19-13-14-16(15-25-13)10-7-8(17(20)21)5-6-12(10)24-11-4-2-1-3-9(11)18(22)23/h1-7H/p+1. The number of nitrogens with one attached hydrogen (secondary N) is 1. The van der Waals surface area contributed by atoms with Gasteiger partial charge in [0.05, 0.1) is 20.7 Å². The molecule has 0 aliphatic carbocycles. The van der Waals surface area contributed by atoms with Gasteiger partial charge in [0.25, 0.3) is 5.69 Å². The van der Waals surface area contributed by atoms with Gasteiger partial charge >= 0.3 is 17.1 Å². The molecular weight excluding hydrogens is 338 g/mol. The van der Waals surface area contributed by atoms with Crippen molar-refractivity contribution >= 4 is 11.4 Å². The number of para-hydroxylation sites is 2. The van der Waals surface area contributed by atoms with Crippen LogP contribution in [0, 0.1) is 20.2 Å². The zero-order valence-electron chi connectivity index (χ0n) is 12.2. The number of aromatic nitrogens is 3. The molecule has 0 unspecified atom stereocenters. The smallest absolute Gasteiger partial charge is 0.443 e. The Morgan fingerprint density at radius 2 is 1.84 bits per heavy atom. The van der Waals surface area contributed by atoms with Crippen LogP contribution in [-0.2, 0) is 0 Å². The molecule has 0 fully saturated rings. The lowest BCUT2D eigenvalue weighted by Crippen LogP contribution is -2.38. The Hall–Kier alpha value is -4.09. The summed E-state index contributed by atoms with van der Waals surface area (Å²) in [5, 5.41) is 27.6. The first-order chi connectivity index (χ1) is 12.0. The van der Waals surface area contributed by atoms with Gasteiger partial charge in [-0.25, -0.2) is 9.32 Å². The number of rotatable bonds is 5. The Balaban J connectivity index is 2.12. The molecule has 126 valence electrons. The number of nitro benzene ring substituents is 2. The summed E-state index contributed by atoms with van der Waals surface area (Å²) in [6.45, 7) is 0. The van der Waals surface area contributed by atoms with Gasteiger partial charge in [0.2, 0.25) is 16.8 Å². The molecule has 0 bridgehead atoms. The van der Waals surface area contributed by atoms with Crippen molar-refractivity contribution in [3.05, 3.63) is 73.2 Å². The first kappa shape index (κ1) is 15.8. The predicted molar refractivity (Wildman–Crippen MR) is 78.5 cm³/mol. The number of nitro groups is 2. The molecule has 0 amide bonds. The molecule has 2 aromatic carbocycles. The minimum atomic E-state index is -0.900. The fourth-order valence-corrected chi connectivity index (χ4v) is 1.99. The summed E-state index contributed by atoms with van der Waals surface area (Å²) in [6, 6.07) is 9.04. The van der Waals surface area contributed by atoms with Gasteiger partial charge < -0.3 is 4.74 Å². The number of hydrogen-bond acceptors (Lipinski definition) is 8. The zero-order chi connectivity index (χ0) is 18.0. The van der Waals surface area contributed by atoms with Crippen LogP contribution in [0.15, 0.2) is 51.8 Å². The number of ether oxygens (including phenoxy) is 1. The van der Waals surface area contributed by atoms with E-state index in [9.17, 15) is 25.0 Å². The number of hydrogen-bond donors (Lipinski definition) is 1. The summed E-state index contributed by atoms with van der Waals surface area (Å²) in [5.74, 6) is -1.01. The number of nitrogens with zero attached hydrogens (tertiary/aromatic N) is 4. The Kier molecular flexibility index (Phi) is 3.91. The average Bonchev–Trinajstić information content (AvgIpc) is 3.01. The fraction of sp³-hybridized carbons (Fsp3) is 0. The van der Waals surface area contributed by atoms with E-state index in [4.69, 9.17) is 4.74 Å². The van der Waals surface area contributed by atoms with Crippen molar-refractivity contribution in [1.82, 2.24) is 10.4 Å². The van der Waals surface area contributed by atoms with E-state index in [1.165, 1.54) is 30.3 Å². The molecule has 0 radical (unpaired) electrons. The minimum absolute atomic E-state index is 0.0190. The second-order valence-corrected chi connectivity index (χ2v) is 4.62.